The normalized spacial score (nSPS) is 19.5. The topological polar surface area (TPSA) is 61.3 Å². The molecule has 1 unspecified atom stereocenters. The van der Waals surface area contributed by atoms with Crippen molar-refractivity contribution >= 4 is 23.2 Å². The minimum absolute atomic E-state index is 0.0684. The average Bonchev–Trinajstić information content (AvgIpc) is 2.36. The van der Waals surface area contributed by atoms with Crippen molar-refractivity contribution in [1.82, 2.24) is 0 Å². The van der Waals surface area contributed by atoms with Gasteiger partial charge in [0, 0.05) is 12.1 Å². The zero-order valence-corrected chi connectivity index (χ0v) is 12.1. The van der Waals surface area contributed by atoms with Crippen molar-refractivity contribution in [1.29, 1.82) is 0 Å². The summed E-state index contributed by atoms with van der Waals surface area (Å²) in [6.45, 7) is 0. The van der Waals surface area contributed by atoms with E-state index in [1.54, 1.807) is 0 Å². The molecule has 21 heavy (non-hydrogen) atoms. The summed E-state index contributed by atoms with van der Waals surface area (Å²) in [5.74, 6) is 0.374. The van der Waals surface area contributed by atoms with Gasteiger partial charge in [0.1, 0.15) is 11.5 Å². The first kappa shape index (κ1) is 16.0. The number of halogens is 5. The Morgan fingerprint density at radius 2 is 1.90 bits per heavy atom. The third kappa shape index (κ3) is 3.64. The molecule has 0 radical (unpaired) electrons. The molecule has 0 amide bonds. The number of hydrogen-bond acceptors (Lipinski definition) is 3. The van der Waals surface area contributed by atoms with Gasteiger partial charge >= 0.3 is 6.18 Å². The highest BCUT2D eigenvalue weighted by Crippen LogP contribution is 2.36. The lowest BCUT2D eigenvalue weighted by molar-refractivity contribution is -0.137. The van der Waals surface area contributed by atoms with Crippen molar-refractivity contribution < 1.29 is 17.9 Å². The number of alkyl halides is 3. The van der Waals surface area contributed by atoms with E-state index in [0.29, 0.717) is 11.5 Å². The summed E-state index contributed by atoms with van der Waals surface area (Å²) < 4.78 is 43.1. The van der Waals surface area contributed by atoms with Crippen LogP contribution >= 0.6 is 23.2 Å². The molecule has 0 aliphatic heterocycles. The van der Waals surface area contributed by atoms with Gasteiger partial charge < -0.3 is 16.2 Å². The van der Waals surface area contributed by atoms with Crippen LogP contribution in [0.25, 0.3) is 0 Å². The third-order valence-electron chi connectivity index (χ3n) is 2.89. The fourth-order valence-electron chi connectivity index (χ4n) is 1.73. The predicted molar refractivity (Wildman–Crippen MR) is 74.8 cm³/mol. The van der Waals surface area contributed by atoms with Gasteiger partial charge in [-0.25, -0.2) is 0 Å². The first-order valence-corrected chi connectivity index (χ1v) is 6.60. The molecule has 0 fully saturated rings. The largest absolute Gasteiger partial charge is 0.459 e. The molecule has 8 heteroatoms. The number of hydrogen-bond donors (Lipinski definition) is 2. The first-order chi connectivity index (χ1) is 9.68. The Hall–Kier alpha value is -1.37. The molecule has 0 heterocycles. The second-order valence-electron chi connectivity index (χ2n) is 4.47. The zero-order valence-electron chi connectivity index (χ0n) is 10.5. The van der Waals surface area contributed by atoms with E-state index < -0.39 is 17.8 Å². The second kappa shape index (κ2) is 5.79. The summed E-state index contributed by atoms with van der Waals surface area (Å²) in [6, 6.07) is 2.34. The fraction of sp³-hybridized carbons (Fsp3) is 0.231. The maximum atomic E-state index is 12.5. The van der Waals surface area contributed by atoms with Crippen LogP contribution in [0.5, 0.6) is 5.75 Å². The lowest BCUT2D eigenvalue weighted by Gasteiger charge is -2.21. The molecule has 0 aromatic heterocycles. The molecule has 3 nitrogen and oxygen atoms in total. The summed E-state index contributed by atoms with van der Waals surface area (Å²) in [7, 11) is 0. The minimum atomic E-state index is -4.47. The van der Waals surface area contributed by atoms with Gasteiger partial charge in [0.05, 0.1) is 21.7 Å². The van der Waals surface area contributed by atoms with Crippen molar-refractivity contribution in [2.75, 3.05) is 0 Å². The number of ether oxygens (including phenoxy) is 1. The van der Waals surface area contributed by atoms with Crippen molar-refractivity contribution in [3.63, 3.8) is 0 Å². The van der Waals surface area contributed by atoms with E-state index in [1.165, 1.54) is 6.08 Å². The van der Waals surface area contributed by atoms with E-state index in [1.807, 2.05) is 0 Å². The summed E-state index contributed by atoms with van der Waals surface area (Å²) in [5, 5.41) is 0.0723. The predicted octanol–water partition coefficient (Wildman–Crippen LogP) is 3.76. The average molecular weight is 339 g/mol. The molecule has 4 N–H and O–H groups in total. The second-order valence-corrected chi connectivity index (χ2v) is 5.29. The number of rotatable bonds is 2. The van der Waals surface area contributed by atoms with Crippen molar-refractivity contribution in [3.05, 3.63) is 51.3 Å². The highest BCUT2D eigenvalue weighted by atomic mass is 35.5. The molecule has 2 rings (SSSR count). The first-order valence-electron chi connectivity index (χ1n) is 5.84. The zero-order chi connectivity index (χ0) is 15.8. The van der Waals surface area contributed by atoms with Gasteiger partial charge in [0.2, 0.25) is 0 Å². The summed E-state index contributed by atoms with van der Waals surface area (Å²) in [5.41, 5.74) is 10.9. The van der Waals surface area contributed by atoms with Gasteiger partial charge in [-0.1, -0.05) is 23.2 Å². The molecule has 114 valence electrons. The SMILES string of the molecule is NC1=CC(Cl)=C(Oc2ccc(C(F)(F)F)cc2Cl)CC1N. The molecule has 1 aliphatic carbocycles. The molecule has 1 aromatic carbocycles. The van der Waals surface area contributed by atoms with Crippen LogP contribution in [0.4, 0.5) is 13.2 Å². The van der Waals surface area contributed by atoms with Crippen molar-refractivity contribution in [2.24, 2.45) is 11.5 Å². The summed E-state index contributed by atoms with van der Waals surface area (Å²) in [6.07, 6.45) is -2.79. The monoisotopic (exact) mass is 338 g/mol. The minimum Gasteiger partial charge on any atom is -0.459 e. The maximum Gasteiger partial charge on any atom is 0.416 e. The van der Waals surface area contributed by atoms with Gasteiger partial charge in [-0.3, -0.25) is 0 Å². The third-order valence-corrected chi connectivity index (χ3v) is 3.50. The van der Waals surface area contributed by atoms with Gasteiger partial charge in [0.25, 0.3) is 0 Å². The Labute approximate surface area is 128 Å². The molecule has 1 aromatic rings. The molecular weight excluding hydrogens is 328 g/mol. The smallest absolute Gasteiger partial charge is 0.416 e. The van der Waals surface area contributed by atoms with Crippen LogP contribution in [0, 0.1) is 0 Å². The number of nitrogens with two attached hydrogens (primary N) is 2. The Kier molecular flexibility index (Phi) is 4.41. The van der Waals surface area contributed by atoms with Gasteiger partial charge in [0.15, 0.2) is 0 Å². The summed E-state index contributed by atoms with van der Waals surface area (Å²) in [4.78, 5) is 0. The van der Waals surface area contributed by atoms with Gasteiger partial charge in [-0.2, -0.15) is 13.2 Å². The van der Waals surface area contributed by atoms with Crippen LogP contribution in [0.1, 0.15) is 12.0 Å². The van der Waals surface area contributed by atoms with E-state index in [0.717, 1.165) is 18.2 Å². The highest BCUT2D eigenvalue weighted by molar-refractivity contribution is 6.32. The Morgan fingerprint density at radius 3 is 2.48 bits per heavy atom. The fourth-order valence-corrected chi connectivity index (χ4v) is 2.19. The standard InChI is InChI=1S/C13H11Cl2F3N2O/c14-7-3-6(13(16,17)18)1-2-11(7)21-12-5-10(20)9(19)4-8(12)15/h1-4,10H,5,19-20H2. The highest BCUT2D eigenvalue weighted by Gasteiger charge is 2.31. The van der Waals surface area contributed by atoms with Gasteiger partial charge in [-0.15, -0.1) is 0 Å². The number of allylic oxidation sites excluding steroid dienone is 2. The Bertz CT molecular complexity index is 626. The van der Waals surface area contributed by atoms with E-state index in [2.05, 4.69) is 0 Å². The Morgan fingerprint density at radius 1 is 1.24 bits per heavy atom. The molecule has 0 saturated heterocycles. The summed E-state index contributed by atoms with van der Waals surface area (Å²) >= 11 is 11.8. The quantitative estimate of drug-likeness (QED) is 0.862. The molecule has 1 aliphatic rings. The van der Waals surface area contributed by atoms with Crippen LogP contribution < -0.4 is 16.2 Å². The van der Waals surface area contributed by atoms with Crippen molar-refractivity contribution in [3.8, 4) is 5.75 Å². The van der Waals surface area contributed by atoms with Crippen LogP contribution in [0.15, 0.2) is 40.8 Å². The molecule has 1 atom stereocenters. The maximum absolute atomic E-state index is 12.5. The molecule has 0 spiro atoms. The number of benzene rings is 1. The van der Waals surface area contributed by atoms with E-state index in [-0.39, 0.29) is 22.2 Å². The lowest BCUT2D eigenvalue weighted by atomic mass is 10.0. The van der Waals surface area contributed by atoms with Crippen LogP contribution in [-0.2, 0) is 6.18 Å². The van der Waals surface area contributed by atoms with E-state index in [9.17, 15) is 13.2 Å². The molecule has 0 saturated carbocycles. The van der Waals surface area contributed by atoms with E-state index >= 15 is 0 Å². The van der Waals surface area contributed by atoms with Crippen molar-refractivity contribution in [2.45, 2.75) is 18.6 Å². The van der Waals surface area contributed by atoms with Crippen LogP contribution in [0.2, 0.25) is 5.02 Å². The van der Waals surface area contributed by atoms with Crippen LogP contribution in [0.3, 0.4) is 0 Å². The van der Waals surface area contributed by atoms with Crippen LogP contribution in [-0.4, -0.2) is 6.04 Å². The lowest BCUT2D eigenvalue weighted by Crippen LogP contribution is -2.31. The molecular formula is C13H11Cl2F3N2O. The Balaban J connectivity index is 2.27. The van der Waals surface area contributed by atoms with Gasteiger partial charge in [-0.05, 0) is 24.3 Å². The molecule has 0 bridgehead atoms. The van der Waals surface area contributed by atoms with E-state index in [4.69, 9.17) is 39.4 Å².